The van der Waals surface area contributed by atoms with Crippen LogP contribution in [0, 0.1) is 24.4 Å². The van der Waals surface area contributed by atoms with Crippen LogP contribution in [0.3, 0.4) is 0 Å². The molecule has 1 aromatic heterocycles. The van der Waals surface area contributed by atoms with Gasteiger partial charge in [0.2, 0.25) is 4.77 Å². The molecule has 146 valence electrons. The van der Waals surface area contributed by atoms with Gasteiger partial charge in [-0.05, 0) is 84.0 Å². The van der Waals surface area contributed by atoms with Crippen LogP contribution in [0.15, 0.2) is 42.5 Å². The van der Waals surface area contributed by atoms with E-state index in [1.807, 2.05) is 18.2 Å². The molecule has 0 bridgehead atoms. The van der Waals surface area contributed by atoms with Crippen LogP contribution < -0.4 is 9.80 Å². The normalized spacial score (nSPS) is 15.2. The van der Waals surface area contributed by atoms with Crippen molar-refractivity contribution in [3.05, 3.63) is 64.2 Å². The van der Waals surface area contributed by atoms with Gasteiger partial charge in [0.1, 0.15) is 5.82 Å². The zero-order valence-corrected chi connectivity index (χ0v) is 16.9. The molecule has 28 heavy (non-hydrogen) atoms. The predicted octanol–water partition coefficient (Wildman–Crippen LogP) is 1.92. The molecule has 6 nitrogen and oxygen atoms in total. The summed E-state index contributed by atoms with van der Waals surface area (Å²) in [5.41, 5.74) is 4.45. The van der Waals surface area contributed by atoms with Crippen molar-refractivity contribution in [2.45, 2.75) is 20.5 Å². The van der Waals surface area contributed by atoms with Gasteiger partial charge in [0.05, 0.1) is 31.9 Å². The molecular weight excluding hydrogens is 375 g/mol. The second kappa shape index (κ2) is 7.81. The molecular formula is C20H24FN6S+. The van der Waals surface area contributed by atoms with Gasteiger partial charge in [-0.3, -0.25) is 0 Å². The first-order chi connectivity index (χ1) is 13.5. The second-order valence-corrected chi connectivity index (χ2v) is 7.68. The molecule has 2 aromatic carbocycles. The van der Waals surface area contributed by atoms with Crippen LogP contribution in [0.5, 0.6) is 0 Å². The molecule has 8 heteroatoms. The number of aryl methyl sites for hydroxylation is 2. The van der Waals surface area contributed by atoms with Gasteiger partial charge in [-0.2, -0.15) is 9.36 Å². The highest BCUT2D eigenvalue weighted by Crippen LogP contribution is 2.15. The van der Waals surface area contributed by atoms with E-state index < -0.39 is 0 Å². The molecule has 0 radical (unpaired) electrons. The molecule has 4 rings (SSSR count). The molecule has 0 amide bonds. The molecule has 3 aromatic rings. The van der Waals surface area contributed by atoms with Gasteiger partial charge >= 0.3 is 0 Å². The van der Waals surface area contributed by atoms with E-state index >= 15 is 0 Å². The first-order valence-electron chi connectivity index (χ1n) is 9.46. The number of hydrogen-bond donors (Lipinski definition) is 1. The van der Waals surface area contributed by atoms with Gasteiger partial charge in [0.15, 0.2) is 6.67 Å². The van der Waals surface area contributed by atoms with Gasteiger partial charge < -0.3 is 9.80 Å². The number of nitrogens with one attached hydrogen (secondary N) is 1. The topological polar surface area (TPSA) is 43.3 Å². The Kier molecular flexibility index (Phi) is 5.23. The van der Waals surface area contributed by atoms with Crippen LogP contribution in [0.1, 0.15) is 11.1 Å². The molecule has 1 aliphatic rings. The van der Waals surface area contributed by atoms with E-state index in [2.05, 4.69) is 41.3 Å². The van der Waals surface area contributed by atoms with E-state index in [0.717, 1.165) is 37.6 Å². The fourth-order valence-corrected chi connectivity index (χ4v) is 3.74. The number of piperazine rings is 1. The molecule has 0 aliphatic carbocycles. The van der Waals surface area contributed by atoms with E-state index in [-0.39, 0.29) is 5.82 Å². The molecule has 2 heterocycles. The number of tetrazole rings is 1. The fourth-order valence-electron chi connectivity index (χ4n) is 3.50. The second-order valence-electron chi connectivity index (χ2n) is 7.31. The minimum absolute atomic E-state index is 0.200. The lowest BCUT2D eigenvalue weighted by molar-refractivity contribution is -0.924. The van der Waals surface area contributed by atoms with E-state index in [0.29, 0.717) is 11.4 Å². The molecule has 0 atom stereocenters. The van der Waals surface area contributed by atoms with E-state index in [1.165, 1.54) is 28.2 Å². The number of nitrogens with zero attached hydrogens (tertiary/aromatic N) is 5. The lowest BCUT2D eigenvalue weighted by Gasteiger charge is -2.33. The van der Waals surface area contributed by atoms with Crippen LogP contribution in [-0.2, 0) is 6.67 Å². The van der Waals surface area contributed by atoms with Crippen LogP contribution in [0.4, 0.5) is 10.1 Å². The average molecular weight is 400 g/mol. The average Bonchev–Trinajstić information content (AvgIpc) is 3.06. The Morgan fingerprint density at radius 2 is 1.64 bits per heavy atom. The van der Waals surface area contributed by atoms with Crippen LogP contribution in [0.2, 0.25) is 0 Å². The van der Waals surface area contributed by atoms with Crippen molar-refractivity contribution in [1.82, 2.24) is 19.8 Å². The summed E-state index contributed by atoms with van der Waals surface area (Å²) in [7, 11) is 0. The number of quaternary nitrogens is 1. The predicted molar refractivity (Wildman–Crippen MR) is 109 cm³/mol. The summed E-state index contributed by atoms with van der Waals surface area (Å²) in [6, 6.07) is 12.9. The Bertz CT molecular complexity index is 1020. The van der Waals surface area contributed by atoms with Crippen molar-refractivity contribution >= 4 is 17.9 Å². The van der Waals surface area contributed by atoms with Crippen molar-refractivity contribution in [2.75, 3.05) is 31.1 Å². The zero-order valence-electron chi connectivity index (χ0n) is 16.1. The summed E-state index contributed by atoms with van der Waals surface area (Å²) in [4.78, 5) is 3.69. The van der Waals surface area contributed by atoms with Crippen molar-refractivity contribution in [3.8, 4) is 5.69 Å². The summed E-state index contributed by atoms with van der Waals surface area (Å²) < 4.78 is 17.2. The maximum Gasteiger partial charge on any atom is 0.225 e. The monoisotopic (exact) mass is 399 g/mol. The summed E-state index contributed by atoms with van der Waals surface area (Å²) in [5.74, 6) is -0.200. The van der Waals surface area contributed by atoms with Gasteiger partial charge in [0.25, 0.3) is 0 Å². The van der Waals surface area contributed by atoms with Crippen LogP contribution >= 0.6 is 12.2 Å². The Labute approximate surface area is 168 Å². The summed E-state index contributed by atoms with van der Waals surface area (Å²) >= 11 is 5.61. The third kappa shape index (κ3) is 3.83. The van der Waals surface area contributed by atoms with Crippen LogP contribution in [0.25, 0.3) is 5.69 Å². The van der Waals surface area contributed by atoms with Crippen molar-refractivity contribution in [1.29, 1.82) is 0 Å². The molecule has 1 fully saturated rings. The van der Waals surface area contributed by atoms with Crippen molar-refractivity contribution < 1.29 is 9.29 Å². The van der Waals surface area contributed by atoms with Crippen molar-refractivity contribution in [3.63, 3.8) is 0 Å². The SMILES string of the molecule is Cc1ccc(-n2nnn(C[NH+]3CCN(c4ccc(F)cc4)CC3)c2=S)cc1C. The zero-order chi connectivity index (χ0) is 19.7. The van der Waals surface area contributed by atoms with Crippen LogP contribution in [-0.4, -0.2) is 46.0 Å². The highest BCUT2D eigenvalue weighted by atomic mass is 32.1. The lowest BCUT2D eigenvalue weighted by Crippen LogP contribution is -3.14. The summed E-state index contributed by atoms with van der Waals surface area (Å²) in [6.45, 7) is 8.63. The Morgan fingerprint density at radius 3 is 2.32 bits per heavy atom. The Hall–Kier alpha value is -2.58. The molecule has 0 spiro atoms. The molecule has 1 aliphatic heterocycles. The minimum Gasteiger partial charge on any atom is -0.360 e. The molecule has 1 saturated heterocycles. The van der Waals surface area contributed by atoms with E-state index in [9.17, 15) is 4.39 Å². The number of anilines is 1. The van der Waals surface area contributed by atoms with E-state index in [4.69, 9.17) is 12.2 Å². The summed E-state index contributed by atoms with van der Waals surface area (Å²) in [6.07, 6.45) is 0. The molecule has 0 unspecified atom stereocenters. The Morgan fingerprint density at radius 1 is 0.964 bits per heavy atom. The fraction of sp³-hybridized carbons (Fsp3) is 0.350. The third-order valence-electron chi connectivity index (χ3n) is 5.41. The number of halogens is 1. The minimum atomic E-state index is -0.200. The maximum atomic E-state index is 13.1. The number of aromatic nitrogens is 4. The Balaban J connectivity index is 1.42. The summed E-state index contributed by atoms with van der Waals surface area (Å²) in [5, 5.41) is 8.53. The van der Waals surface area contributed by atoms with Gasteiger partial charge in [-0.25, -0.2) is 4.39 Å². The number of benzene rings is 2. The van der Waals surface area contributed by atoms with Crippen molar-refractivity contribution in [2.24, 2.45) is 0 Å². The quantitative estimate of drug-likeness (QED) is 0.681. The molecule has 1 N–H and O–H groups in total. The first kappa shape index (κ1) is 18.8. The lowest BCUT2D eigenvalue weighted by atomic mass is 10.1. The number of rotatable bonds is 4. The highest BCUT2D eigenvalue weighted by Gasteiger charge is 2.21. The van der Waals surface area contributed by atoms with Gasteiger partial charge in [0, 0.05) is 5.69 Å². The molecule has 0 saturated carbocycles. The maximum absolute atomic E-state index is 13.1. The van der Waals surface area contributed by atoms with Gasteiger partial charge in [-0.1, -0.05) is 6.07 Å². The van der Waals surface area contributed by atoms with E-state index in [1.54, 1.807) is 9.36 Å². The largest absolute Gasteiger partial charge is 0.360 e. The van der Waals surface area contributed by atoms with Gasteiger partial charge in [-0.15, -0.1) is 0 Å². The number of hydrogen-bond acceptors (Lipinski definition) is 4. The smallest absolute Gasteiger partial charge is 0.225 e. The highest BCUT2D eigenvalue weighted by molar-refractivity contribution is 7.71. The standard InChI is InChI=1S/C20H23FN6S/c1-15-3-6-19(13-16(15)2)27-20(28)26(22-23-27)14-24-9-11-25(12-10-24)18-7-4-17(21)5-8-18/h3-8,13H,9-12,14H2,1-2H3/p+1. The first-order valence-corrected chi connectivity index (χ1v) is 9.86. The third-order valence-corrected chi connectivity index (χ3v) is 5.79.